The van der Waals surface area contributed by atoms with E-state index in [1.165, 1.54) is 22.3 Å². The number of halogens is 1. The molecule has 0 aromatic heterocycles. The molecule has 0 aliphatic heterocycles. The number of benzene rings is 3. The third-order valence-corrected chi connectivity index (χ3v) is 6.48. The Morgan fingerprint density at radius 2 is 1.53 bits per heavy atom. The van der Waals surface area contributed by atoms with Gasteiger partial charge in [0.1, 0.15) is 0 Å². The Bertz CT molecular complexity index is 1060. The second kappa shape index (κ2) is 8.19. The molecule has 1 saturated carbocycles. The van der Waals surface area contributed by atoms with Gasteiger partial charge in [0, 0.05) is 9.89 Å². The number of nitrogens with one attached hydrogen (secondary N) is 1. The molecule has 3 aromatic carbocycles. The summed E-state index contributed by atoms with van der Waals surface area (Å²) in [7, 11) is 0. The van der Waals surface area contributed by atoms with Crippen LogP contribution in [0.5, 0.6) is 0 Å². The van der Waals surface area contributed by atoms with Crippen LogP contribution in [-0.4, -0.2) is 11.6 Å². The van der Waals surface area contributed by atoms with Crippen molar-refractivity contribution in [2.75, 3.05) is 0 Å². The van der Waals surface area contributed by atoms with E-state index in [0.717, 1.165) is 22.2 Å². The molecule has 1 atom stereocenters. The Labute approximate surface area is 186 Å². The summed E-state index contributed by atoms with van der Waals surface area (Å²) in [5, 5.41) is 4.37. The first-order chi connectivity index (χ1) is 14.4. The molecule has 30 heavy (non-hydrogen) atoms. The van der Waals surface area contributed by atoms with Gasteiger partial charge >= 0.3 is 0 Å². The van der Waals surface area contributed by atoms with Crippen LogP contribution >= 0.6 is 15.9 Å². The standard InChI is InChI=1S/C26H25BrN2O/c1-17-7-11-21(12-8-17)26(22-13-9-18(2)10-14-22)16-24(26)25(30)29-28-19(3)20-5-4-6-23(27)15-20/h4-15,24H,16H2,1-3H3,(H,29,30)/b28-19-/t24-/m0/s1. The van der Waals surface area contributed by atoms with Crippen LogP contribution in [0, 0.1) is 19.8 Å². The van der Waals surface area contributed by atoms with E-state index in [2.05, 4.69) is 88.8 Å². The van der Waals surface area contributed by atoms with Crippen molar-refractivity contribution in [3.8, 4) is 0 Å². The maximum absolute atomic E-state index is 13.1. The molecule has 1 N–H and O–H groups in total. The van der Waals surface area contributed by atoms with E-state index in [-0.39, 0.29) is 17.2 Å². The molecule has 4 rings (SSSR count). The van der Waals surface area contributed by atoms with Gasteiger partial charge in [0.25, 0.3) is 0 Å². The normalized spacial score (nSPS) is 17.5. The zero-order chi connectivity index (χ0) is 21.3. The highest BCUT2D eigenvalue weighted by atomic mass is 79.9. The van der Waals surface area contributed by atoms with Gasteiger partial charge in [0.15, 0.2) is 0 Å². The zero-order valence-electron chi connectivity index (χ0n) is 17.4. The van der Waals surface area contributed by atoms with E-state index < -0.39 is 0 Å². The minimum Gasteiger partial charge on any atom is -0.273 e. The first kappa shape index (κ1) is 20.5. The van der Waals surface area contributed by atoms with Crippen LogP contribution in [0.4, 0.5) is 0 Å². The SMILES string of the molecule is C/C(=N/NC(=O)[C@@H]1CC1(c1ccc(C)cc1)c1ccc(C)cc1)c1cccc(Br)c1. The summed E-state index contributed by atoms with van der Waals surface area (Å²) in [6.07, 6.45) is 0.788. The van der Waals surface area contributed by atoms with Crippen LogP contribution in [0.15, 0.2) is 82.4 Å². The lowest BCUT2D eigenvalue weighted by Gasteiger charge is -2.19. The maximum atomic E-state index is 13.1. The number of nitrogens with zero attached hydrogens (tertiary/aromatic N) is 1. The number of carbonyl (C=O) groups excluding carboxylic acids is 1. The predicted octanol–water partition coefficient (Wildman–Crippen LogP) is 5.91. The summed E-state index contributed by atoms with van der Waals surface area (Å²) in [4.78, 5) is 13.1. The first-order valence-corrected chi connectivity index (χ1v) is 10.9. The van der Waals surface area contributed by atoms with Gasteiger partial charge in [0.05, 0.1) is 11.6 Å². The topological polar surface area (TPSA) is 41.5 Å². The minimum absolute atomic E-state index is 0.0366. The number of rotatable bonds is 5. The fourth-order valence-corrected chi connectivity index (χ4v) is 4.48. The summed E-state index contributed by atoms with van der Waals surface area (Å²) >= 11 is 3.48. The number of hydrogen-bond acceptors (Lipinski definition) is 2. The van der Waals surface area contributed by atoms with Gasteiger partial charge in [-0.25, -0.2) is 5.43 Å². The number of carbonyl (C=O) groups is 1. The van der Waals surface area contributed by atoms with Crippen LogP contribution in [0.3, 0.4) is 0 Å². The van der Waals surface area contributed by atoms with E-state index in [1.54, 1.807) is 0 Å². The Morgan fingerprint density at radius 1 is 0.967 bits per heavy atom. The largest absolute Gasteiger partial charge is 0.273 e. The van der Waals surface area contributed by atoms with Gasteiger partial charge in [-0.2, -0.15) is 5.10 Å². The van der Waals surface area contributed by atoms with Gasteiger partial charge in [-0.05, 0) is 56.0 Å². The Morgan fingerprint density at radius 3 is 2.07 bits per heavy atom. The lowest BCUT2D eigenvalue weighted by Crippen LogP contribution is -2.26. The van der Waals surface area contributed by atoms with Gasteiger partial charge in [-0.15, -0.1) is 0 Å². The van der Waals surface area contributed by atoms with Crippen molar-refractivity contribution < 1.29 is 4.79 Å². The molecule has 0 saturated heterocycles. The molecule has 0 heterocycles. The average Bonchev–Trinajstić information content (AvgIpc) is 3.49. The van der Waals surface area contributed by atoms with Gasteiger partial charge in [-0.3, -0.25) is 4.79 Å². The lowest BCUT2D eigenvalue weighted by atomic mass is 9.85. The molecule has 1 amide bonds. The van der Waals surface area contributed by atoms with E-state index >= 15 is 0 Å². The molecule has 0 unspecified atom stereocenters. The minimum atomic E-state index is -0.287. The Balaban J connectivity index is 1.60. The highest BCUT2D eigenvalue weighted by Crippen LogP contribution is 2.59. The summed E-state index contributed by atoms with van der Waals surface area (Å²) in [5.74, 6) is -0.174. The number of hydrazone groups is 1. The van der Waals surface area contributed by atoms with Crippen molar-refractivity contribution >= 4 is 27.5 Å². The Kier molecular flexibility index (Phi) is 5.61. The monoisotopic (exact) mass is 460 g/mol. The molecule has 1 aliphatic carbocycles. The second-order valence-corrected chi connectivity index (χ2v) is 9.06. The van der Waals surface area contributed by atoms with Crippen LogP contribution in [0.1, 0.15) is 41.2 Å². The predicted molar refractivity (Wildman–Crippen MR) is 126 cm³/mol. The van der Waals surface area contributed by atoms with Crippen LogP contribution in [-0.2, 0) is 10.2 Å². The molecule has 1 aliphatic rings. The van der Waals surface area contributed by atoms with Crippen LogP contribution in [0.25, 0.3) is 0 Å². The third kappa shape index (κ3) is 3.97. The summed E-state index contributed by atoms with van der Waals surface area (Å²) in [5.41, 5.74) is 9.08. The van der Waals surface area contributed by atoms with E-state index in [0.29, 0.717) is 0 Å². The zero-order valence-corrected chi connectivity index (χ0v) is 19.0. The molecule has 3 aromatic rings. The number of hydrogen-bond donors (Lipinski definition) is 1. The van der Waals surface area contributed by atoms with Crippen LogP contribution in [0.2, 0.25) is 0 Å². The summed E-state index contributed by atoms with van der Waals surface area (Å²) in [6.45, 7) is 6.07. The van der Waals surface area contributed by atoms with Crippen molar-refractivity contribution in [2.24, 2.45) is 11.0 Å². The highest BCUT2D eigenvalue weighted by Gasteiger charge is 2.60. The van der Waals surface area contributed by atoms with Crippen molar-refractivity contribution in [3.05, 3.63) is 105 Å². The molecule has 3 nitrogen and oxygen atoms in total. The van der Waals surface area contributed by atoms with Gasteiger partial charge < -0.3 is 0 Å². The van der Waals surface area contributed by atoms with Gasteiger partial charge in [0.2, 0.25) is 5.91 Å². The lowest BCUT2D eigenvalue weighted by molar-refractivity contribution is -0.122. The fraction of sp³-hybridized carbons (Fsp3) is 0.231. The van der Waals surface area contributed by atoms with Crippen molar-refractivity contribution in [1.82, 2.24) is 5.43 Å². The van der Waals surface area contributed by atoms with Crippen molar-refractivity contribution in [2.45, 2.75) is 32.6 Å². The molecule has 152 valence electrons. The molecule has 0 bridgehead atoms. The van der Waals surface area contributed by atoms with E-state index in [4.69, 9.17) is 0 Å². The van der Waals surface area contributed by atoms with Gasteiger partial charge in [-0.1, -0.05) is 87.7 Å². The number of amides is 1. The molecular weight excluding hydrogens is 436 g/mol. The average molecular weight is 461 g/mol. The second-order valence-electron chi connectivity index (χ2n) is 8.14. The molecule has 0 radical (unpaired) electrons. The molecule has 0 spiro atoms. The first-order valence-electron chi connectivity index (χ1n) is 10.1. The van der Waals surface area contributed by atoms with Crippen LogP contribution < -0.4 is 5.43 Å². The smallest absolute Gasteiger partial charge is 0.244 e. The molecule has 4 heteroatoms. The van der Waals surface area contributed by atoms with Crippen molar-refractivity contribution in [1.29, 1.82) is 0 Å². The van der Waals surface area contributed by atoms with E-state index in [1.807, 2.05) is 31.2 Å². The third-order valence-electron chi connectivity index (χ3n) is 5.99. The quantitative estimate of drug-likeness (QED) is 0.372. The molecular formula is C26H25BrN2O. The highest BCUT2D eigenvalue weighted by molar-refractivity contribution is 9.10. The fourth-order valence-electron chi connectivity index (χ4n) is 4.08. The maximum Gasteiger partial charge on any atom is 0.244 e. The van der Waals surface area contributed by atoms with Crippen molar-refractivity contribution in [3.63, 3.8) is 0 Å². The summed E-state index contributed by atoms with van der Waals surface area (Å²) < 4.78 is 0.987. The molecule has 1 fully saturated rings. The summed E-state index contributed by atoms with van der Waals surface area (Å²) in [6, 6.07) is 25.0. The Hall–Kier alpha value is -2.72. The number of aryl methyl sites for hydroxylation is 2. The van der Waals surface area contributed by atoms with E-state index in [9.17, 15) is 4.79 Å².